The zero-order chi connectivity index (χ0) is 18.0. The SMILES string of the molecule is O=C(CCCc1ccccc1)Nc1cccc(OCc2cccnc2)c1. The van der Waals surface area contributed by atoms with Crippen LogP contribution in [0.2, 0.25) is 0 Å². The molecular formula is C22H22N2O2. The minimum absolute atomic E-state index is 0.0188. The topological polar surface area (TPSA) is 51.2 Å². The largest absolute Gasteiger partial charge is 0.489 e. The molecule has 1 heterocycles. The molecule has 2 aromatic carbocycles. The maximum absolute atomic E-state index is 12.1. The van der Waals surface area contributed by atoms with Crippen molar-refractivity contribution in [3.05, 3.63) is 90.3 Å². The monoisotopic (exact) mass is 346 g/mol. The Morgan fingerprint density at radius 2 is 1.81 bits per heavy atom. The first-order chi connectivity index (χ1) is 12.8. The Bertz CT molecular complexity index is 820. The second-order valence-electron chi connectivity index (χ2n) is 6.07. The second-order valence-corrected chi connectivity index (χ2v) is 6.07. The van der Waals surface area contributed by atoms with Gasteiger partial charge in [0, 0.05) is 36.1 Å². The number of benzene rings is 2. The van der Waals surface area contributed by atoms with E-state index in [9.17, 15) is 4.79 Å². The normalized spacial score (nSPS) is 10.3. The number of aromatic nitrogens is 1. The highest BCUT2D eigenvalue weighted by atomic mass is 16.5. The van der Waals surface area contributed by atoms with E-state index in [0.717, 1.165) is 29.8 Å². The molecule has 0 fully saturated rings. The third-order valence-corrected chi connectivity index (χ3v) is 3.96. The van der Waals surface area contributed by atoms with E-state index in [2.05, 4.69) is 22.4 Å². The van der Waals surface area contributed by atoms with E-state index in [1.807, 2.05) is 54.6 Å². The van der Waals surface area contributed by atoms with Crippen molar-refractivity contribution in [2.75, 3.05) is 5.32 Å². The van der Waals surface area contributed by atoms with Crippen LogP contribution in [0.1, 0.15) is 24.0 Å². The van der Waals surface area contributed by atoms with Gasteiger partial charge in [-0.2, -0.15) is 0 Å². The Morgan fingerprint density at radius 1 is 0.962 bits per heavy atom. The maximum atomic E-state index is 12.1. The van der Waals surface area contributed by atoms with Crippen LogP contribution in [-0.4, -0.2) is 10.9 Å². The lowest BCUT2D eigenvalue weighted by molar-refractivity contribution is -0.116. The van der Waals surface area contributed by atoms with Gasteiger partial charge in [-0.3, -0.25) is 9.78 Å². The number of rotatable bonds is 8. The highest BCUT2D eigenvalue weighted by Gasteiger charge is 2.04. The van der Waals surface area contributed by atoms with Crippen molar-refractivity contribution in [1.29, 1.82) is 0 Å². The van der Waals surface area contributed by atoms with Crippen molar-refractivity contribution in [3.63, 3.8) is 0 Å². The summed E-state index contributed by atoms with van der Waals surface area (Å²) in [6, 6.07) is 21.5. The number of pyridine rings is 1. The van der Waals surface area contributed by atoms with E-state index < -0.39 is 0 Å². The summed E-state index contributed by atoms with van der Waals surface area (Å²) in [4.78, 5) is 16.2. The van der Waals surface area contributed by atoms with Gasteiger partial charge in [0.25, 0.3) is 0 Å². The standard InChI is InChI=1S/C22H22N2O2/c25-22(13-4-9-18-7-2-1-3-8-18)24-20-11-5-12-21(15-20)26-17-19-10-6-14-23-16-19/h1-3,5-8,10-12,14-16H,4,9,13,17H2,(H,24,25). The van der Waals surface area contributed by atoms with Crippen molar-refractivity contribution in [3.8, 4) is 5.75 Å². The number of hydrogen-bond acceptors (Lipinski definition) is 3. The Hall–Kier alpha value is -3.14. The molecule has 0 aliphatic rings. The highest BCUT2D eigenvalue weighted by Crippen LogP contribution is 2.19. The van der Waals surface area contributed by atoms with Crippen LogP contribution in [0.4, 0.5) is 5.69 Å². The van der Waals surface area contributed by atoms with Crippen LogP contribution in [0.15, 0.2) is 79.1 Å². The lowest BCUT2D eigenvalue weighted by Gasteiger charge is -2.09. The van der Waals surface area contributed by atoms with Crippen molar-refractivity contribution >= 4 is 11.6 Å². The van der Waals surface area contributed by atoms with Crippen LogP contribution in [0.3, 0.4) is 0 Å². The summed E-state index contributed by atoms with van der Waals surface area (Å²) < 4.78 is 5.76. The van der Waals surface area contributed by atoms with Gasteiger partial charge in [0.2, 0.25) is 5.91 Å². The molecule has 4 nitrogen and oxygen atoms in total. The minimum atomic E-state index is 0.0188. The van der Waals surface area contributed by atoms with Gasteiger partial charge in [-0.1, -0.05) is 42.5 Å². The van der Waals surface area contributed by atoms with Gasteiger partial charge in [0.05, 0.1) is 0 Å². The molecule has 132 valence electrons. The zero-order valence-electron chi connectivity index (χ0n) is 14.6. The average molecular weight is 346 g/mol. The average Bonchev–Trinajstić information content (AvgIpc) is 2.68. The Kier molecular flexibility index (Phi) is 6.37. The van der Waals surface area contributed by atoms with Gasteiger partial charge in [-0.15, -0.1) is 0 Å². The summed E-state index contributed by atoms with van der Waals surface area (Å²) in [6.45, 7) is 0.447. The molecule has 3 aromatic rings. The summed E-state index contributed by atoms with van der Waals surface area (Å²) in [6.07, 6.45) is 5.74. The van der Waals surface area contributed by atoms with E-state index in [1.165, 1.54) is 5.56 Å². The smallest absolute Gasteiger partial charge is 0.224 e. The molecule has 0 atom stereocenters. The highest BCUT2D eigenvalue weighted by molar-refractivity contribution is 5.90. The number of anilines is 1. The van der Waals surface area contributed by atoms with E-state index in [4.69, 9.17) is 4.74 Å². The molecule has 0 aliphatic carbocycles. The first kappa shape index (κ1) is 17.7. The van der Waals surface area contributed by atoms with Crippen molar-refractivity contribution in [1.82, 2.24) is 4.98 Å². The number of nitrogens with zero attached hydrogens (tertiary/aromatic N) is 1. The first-order valence-electron chi connectivity index (χ1n) is 8.75. The third-order valence-electron chi connectivity index (χ3n) is 3.96. The Balaban J connectivity index is 1.46. The number of ether oxygens (including phenoxy) is 1. The fourth-order valence-electron chi connectivity index (χ4n) is 2.64. The van der Waals surface area contributed by atoms with Gasteiger partial charge < -0.3 is 10.1 Å². The van der Waals surface area contributed by atoms with Crippen molar-refractivity contribution < 1.29 is 9.53 Å². The summed E-state index contributed by atoms with van der Waals surface area (Å²) in [5.41, 5.74) is 3.01. The Labute approximate surface area is 153 Å². The van der Waals surface area contributed by atoms with Crippen LogP contribution in [0.25, 0.3) is 0 Å². The molecule has 26 heavy (non-hydrogen) atoms. The van der Waals surface area contributed by atoms with Crippen molar-refractivity contribution in [2.24, 2.45) is 0 Å². The molecule has 0 bridgehead atoms. The van der Waals surface area contributed by atoms with Crippen LogP contribution < -0.4 is 10.1 Å². The predicted octanol–water partition coefficient (Wildman–Crippen LogP) is 4.62. The van der Waals surface area contributed by atoms with Crippen LogP contribution in [0, 0.1) is 0 Å². The van der Waals surface area contributed by atoms with E-state index >= 15 is 0 Å². The molecule has 0 saturated carbocycles. The summed E-state index contributed by atoms with van der Waals surface area (Å²) >= 11 is 0. The second kappa shape index (κ2) is 9.37. The van der Waals surface area contributed by atoms with Crippen molar-refractivity contribution in [2.45, 2.75) is 25.9 Å². The number of hydrogen-bond donors (Lipinski definition) is 1. The molecule has 0 spiro atoms. The quantitative estimate of drug-likeness (QED) is 0.647. The molecule has 1 N–H and O–H groups in total. The maximum Gasteiger partial charge on any atom is 0.224 e. The van der Waals surface area contributed by atoms with Gasteiger partial charge >= 0.3 is 0 Å². The number of aryl methyl sites for hydroxylation is 1. The fraction of sp³-hybridized carbons (Fsp3) is 0.182. The number of carbonyl (C=O) groups excluding carboxylic acids is 1. The van der Waals surface area contributed by atoms with E-state index in [1.54, 1.807) is 12.4 Å². The molecule has 1 aromatic heterocycles. The van der Waals surface area contributed by atoms with Crippen LogP contribution >= 0.6 is 0 Å². The third kappa shape index (κ3) is 5.74. The Morgan fingerprint density at radius 3 is 2.62 bits per heavy atom. The van der Waals surface area contributed by atoms with Crippen LogP contribution in [-0.2, 0) is 17.8 Å². The molecule has 0 aliphatic heterocycles. The summed E-state index contributed by atoms with van der Waals surface area (Å²) in [5.74, 6) is 0.737. The van der Waals surface area contributed by atoms with Gasteiger partial charge in [-0.05, 0) is 36.6 Å². The minimum Gasteiger partial charge on any atom is -0.489 e. The lowest BCUT2D eigenvalue weighted by Crippen LogP contribution is -2.11. The lowest BCUT2D eigenvalue weighted by atomic mass is 10.1. The molecule has 3 rings (SSSR count). The van der Waals surface area contributed by atoms with Gasteiger partial charge in [-0.25, -0.2) is 0 Å². The number of amides is 1. The first-order valence-corrected chi connectivity index (χ1v) is 8.75. The molecule has 0 radical (unpaired) electrons. The van der Waals surface area contributed by atoms with E-state index in [0.29, 0.717) is 13.0 Å². The van der Waals surface area contributed by atoms with Crippen LogP contribution in [0.5, 0.6) is 5.75 Å². The van der Waals surface area contributed by atoms with Gasteiger partial charge in [0.15, 0.2) is 0 Å². The molecular weight excluding hydrogens is 324 g/mol. The molecule has 0 saturated heterocycles. The molecule has 4 heteroatoms. The zero-order valence-corrected chi connectivity index (χ0v) is 14.6. The van der Waals surface area contributed by atoms with Gasteiger partial charge in [0.1, 0.15) is 12.4 Å². The molecule has 1 amide bonds. The number of nitrogens with one attached hydrogen (secondary N) is 1. The van der Waals surface area contributed by atoms with E-state index in [-0.39, 0.29) is 5.91 Å². The summed E-state index contributed by atoms with van der Waals surface area (Å²) in [7, 11) is 0. The number of carbonyl (C=O) groups is 1. The molecule has 0 unspecified atom stereocenters. The predicted molar refractivity (Wildman–Crippen MR) is 103 cm³/mol. The fourth-order valence-corrected chi connectivity index (χ4v) is 2.64. The summed E-state index contributed by atoms with van der Waals surface area (Å²) in [5, 5.41) is 2.94.